The van der Waals surface area contributed by atoms with Crippen LogP contribution in [0.25, 0.3) is 65.3 Å². The molecule has 0 N–H and O–H groups in total. The molecule has 0 unspecified atom stereocenters. The predicted molar refractivity (Wildman–Crippen MR) is 260 cm³/mol. The van der Waals surface area contributed by atoms with Crippen molar-refractivity contribution in [3.63, 3.8) is 0 Å². The number of rotatable bonds is 6. The van der Waals surface area contributed by atoms with Crippen LogP contribution in [-0.2, 0) is 33.7 Å². The topological polar surface area (TPSA) is 0 Å². The fraction of sp³-hybridized carbons (Fsp3) is 0.321. The van der Waals surface area contributed by atoms with E-state index in [2.05, 4.69) is 159 Å². The van der Waals surface area contributed by atoms with Gasteiger partial charge >= 0.3 is 37.9 Å². The molecule has 4 saturated carbocycles. The molecule has 0 aliphatic heterocycles. The summed E-state index contributed by atoms with van der Waals surface area (Å²) in [7, 11) is 11.0. The van der Waals surface area contributed by atoms with Crippen LogP contribution in [0.4, 0.5) is 0 Å². The van der Waals surface area contributed by atoms with Gasteiger partial charge in [0.05, 0.1) is 0 Å². The molecule has 0 atom stereocenters. The Labute approximate surface area is 379 Å². The van der Waals surface area contributed by atoms with Crippen molar-refractivity contribution in [2.24, 2.45) is 22.7 Å². The number of benzene rings is 6. The monoisotopic (exact) mass is 916 g/mol. The third kappa shape index (κ3) is 8.97. The summed E-state index contributed by atoms with van der Waals surface area (Å²) in [5.74, 6) is 2.06. The van der Waals surface area contributed by atoms with Crippen molar-refractivity contribution in [3.8, 4) is 22.3 Å². The van der Waals surface area contributed by atoms with Crippen LogP contribution in [0.15, 0.2) is 146 Å². The van der Waals surface area contributed by atoms with E-state index in [-0.39, 0.29) is 0 Å². The Kier molecular flexibility index (Phi) is 13.0. The third-order valence-electron chi connectivity index (χ3n) is 14.7. The predicted octanol–water partition coefficient (Wildman–Crippen LogP) is 17.2. The van der Waals surface area contributed by atoms with Gasteiger partial charge in [0, 0.05) is 9.52 Å². The van der Waals surface area contributed by atoms with E-state index in [0.717, 1.165) is 21.4 Å². The van der Waals surface area contributed by atoms with Crippen molar-refractivity contribution in [3.05, 3.63) is 157 Å². The van der Waals surface area contributed by atoms with Crippen LogP contribution in [0, 0.1) is 22.7 Å². The molecular formula is C56H56Cl2SiZr. The molecule has 60 heavy (non-hydrogen) atoms. The Morgan fingerprint density at radius 1 is 0.517 bits per heavy atom. The van der Waals surface area contributed by atoms with Gasteiger partial charge in [0.25, 0.3) is 0 Å². The summed E-state index contributed by atoms with van der Waals surface area (Å²) in [6.45, 7) is 4.31. The van der Waals surface area contributed by atoms with Gasteiger partial charge in [0.1, 0.15) is 0 Å². The maximum absolute atomic E-state index is 4.93. The van der Waals surface area contributed by atoms with E-state index in [1.54, 1.807) is 11.1 Å². The molecular weight excluding hydrogens is 863 g/mol. The van der Waals surface area contributed by atoms with Crippen molar-refractivity contribution < 1.29 is 20.8 Å². The van der Waals surface area contributed by atoms with E-state index in [1.165, 1.54) is 142 Å². The molecule has 4 fully saturated rings. The molecule has 0 heterocycles. The van der Waals surface area contributed by atoms with Crippen molar-refractivity contribution in [2.75, 3.05) is 0 Å². The SMILES string of the molecule is C[Si]C.[Cl][Zr+2][Cl].c1ccc2cc(-c3cccc4[cH-]c(CC56CCC(CC5)C6)cc34)ccc2c1.c1ccc2cc(-c3cccc4[cH-]c(CC56CCC(CC5)C6)cc34)ccc2c1. The molecule has 0 aromatic heterocycles. The van der Waals surface area contributed by atoms with E-state index in [1.807, 2.05) is 0 Å². The maximum atomic E-state index is 4.93. The smallest absolute Gasteiger partial charge is 0.0178 e. The maximum Gasteiger partial charge on any atom is -0.0178 e. The molecule has 8 aromatic carbocycles. The zero-order valence-corrected chi connectivity index (χ0v) is 40.2. The molecule has 4 aliphatic carbocycles. The molecule has 0 spiro atoms. The van der Waals surface area contributed by atoms with Gasteiger partial charge in [-0.05, 0) is 145 Å². The Balaban J connectivity index is 0.000000137. The number of halogens is 2. The fourth-order valence-electron chi connectivity index (χ4n) is 12.0. The van der Waals surface area contributed by atoms with Gasteiger partial charge in [0.2, 0.25) is 0 Å². The van der Waals surface area contributed by atoms with E-state index in [4.69, 9.17) is 17.0 Å². The van der Waals surface area contributed by atoms with Crippen molar-refractivity contribution in [2.45, 2.75) is 90.1 Å². The first-order valence-corrected chi connectivity index (χ1v) is 30.6. The quantitative estimate of drug-likeness (QED) is 0.115. The molecule has 0 saturated heterocycles. The molecule has 4 aliphatic rings. The first-order valence-electron chi connectivity index (χ1n) is 22.3. The summed E-state index contributed by atoms with van der Waals surface area (Å²) in [5.41, 5.74) is 9.76. The van der Waals surface area contributed by atoms with Crippen LogP contribution in [-0.4, -0.2) is 9.52 Å². The minimum absolute atomic E-state index is 0.623. The molecule has 4 bridgehead atoms. The average molecular weight is 919 g/mol. The van der Waals surface area contributed by atoms with Crippen molar-refractivity contribution >= 4 is 69.6 Å². The standard InChI is InChI=1S/2C27H25.C2H6Si.2ClH.Zr/c2*1-2-5-22-16-24(9-8-21(22)4-1)25-7-3-6-23-14-20(15-26(23)25)18-27-12-10-19(17-27)11-13-27;1-3-2;;;/h2*1-9,14-16,19H,10-13,17-18H2;1-2H3;2*1H;/q2*-1;;;;+4/p-2. The average Bonchev–Trinajstić information content (AvgIpc) is 4.15. The molecule has 302 valence electrons. The normalized spacial score (nSPS) is 22.3. The van der Waals surface area contributed by atoms with Gasteiger partial charge in [-0.25, -0.2) is 0 Å². The zero-order valence-electron chi connectivity index (χ0n) is 35.3. The van der Waals surface area contributed by atoms with Gasteiger partial charge in [-0.2, -0.15) is 12.1 Å². The first kappa shape index (κ1) is 42.1. The van der Waals surface area contributed by atoms with E-state index in [9.17, 15) is 0 Å². The minimum atomic E-state index is -0.826. The van der Waals surface area contributed by atoms with Crippen molar-refractivity contribution in [1.82, 2.24) is 0 Å². The second kappa shape index (κ2) is 18.6. The van der Waals surface area contributed by atoms with Crippen LogP contribution < -0.4 is 0 Å². The van der Waals surface area contributed by atoms with E-state index in [0.29, 0.717) is 10.8 Å². The molecule has 0 amide bonds. The molecule has 8 aromatic rings. The third-order valence-corrected chi connectivity index (χ3v) is 14.7. The molecule has 2 radical (unpaired) electrons. The Bertz CT molecular complexity index is 2520. The number of fused-ring (bicyclic) bond motifs is 8. The zero-order chi connectivity index (χ0) is 41.1. The summed E-state index contributed by atoms with van der Waals surface area (Å²) in [6, 6.07) is 54.5. The Morgan fingerprint density at radius 2 is 0.900 bits per heavy atom. The minimum Gasteiger partial charge on any atom is -0.164 e. The Hall–Kier alpha value is -3.26. The van der Waals surface area contributed by atoms with Gasteiger partial charge < -0.3 is 0 Å². The second-order valence-electron chi connectivity index (χ2n) is 18.7. The summed E-state index contributed by atoms with van der Waals surface area (Å²) in [5, 5.41) is 10.9. The molecule has 0 nitrogen and oxygen atoms in total. The van der Waals surface area contributed by atoms with Gasteiger partial charge in [-0.15, -0.1) is 69.1 Å². The van der Waals surface area contributed by atoms with Crippen LogP contribution in [0.5, 0.6) is 0 Å². The van der Waals surface area contributed by atoms with E-state index >= 15 is 0 Å². The summed E-state index contributed by atoms with van der Waals surface area (Å²) in [6.07, 6.45) is 17.2. The van der Waals surface area contributed by atoms with Gasteiger partial charge in [-0.3, -0.25) is 0 Å². The summed E-state index contributed by atoms with van der Waals surface area (Å²) in [4.78, 5) is 0. The Morgan fingerprint density at radius 3 is 1.27 bits per heavy atom. The van der Waals surface area contributed by atoms with Gasteiger partial charge in [0.15, 0.2) is 0 Å². The summed E-state index contributed by atoms with van der Waals surface area (Å²) >= 11 is -0.826. The van der Waals surface area contributed by atoms with Crippen molar-refractivity contribution in [1.29, 1.82) is 0 Å². The number of hydrogen-bond donors (Lipinski definition) is 0. The fourth-order valence-corrected chi connectivity index (χ4v) is 12.0. The summed E-state index contributed by atoms with van der Waals surface area (Å²) < 4.78 is 0. The van der Waals surface area contributed by atoms with Crippen LogP contribution >= 0.6 is 17.0 Å². The van der Waals surface area contributed by atoms with Gasteiger partial charge in [-0.1, -0.05) is 109 Å². The largest absolute Gasteiger partial charge is 0.164 e. The first-order chi connectivity index (χ1) is 29.4. The van der Waals surface area contributed by atoms with Crippen LogP contribution in [0.3, 0.4) is 0 Å². The van der Waals surface area contributed by atoms with E-state index < -0.39 is 20.8 Å². The van der Waals surface area contributed by atoms with Crippen LogP contribution in [0.1, 0.15) is 75.3 Å². The second-order valence-corrected chi connectivity index (χ2v) is 23.4. The number of hydrogen-bond acceptors (Lipinski definition) is 0. The molecule has 12 rings (SSSR count). The molecule has 4 heteroatoms. The van der Waals surface area contributed by atoms with Crippen LogP contribution in [0.2, 0.25) is 13.1 Å².